The summed E-state index contributed by atoms with van der Waals surface area (Å²) in [6, 6.07) is 10.4. The molecule has 1 unspecified atom stereocenters. The zero-order valence-electron chi connectivity index (χ0n) is 16.5. The smallest absolute Gasteiger partial charge is 0.162 e. The fraction of sp³-hybridized carbons (Fsp3) is 0.429. The number of Topliss-reactive ketones (excluding diaryl/α,β-unsaturated/α-hetero) is 1. The number of ketones is 1. The SMILES string of the molecule is CSc1ccc(C2C(C#N)=C(N)N(N(C)C)C3=C2C(=O)CC(C)(C)C3)cc1. The predicted molar refractivity (Wildman–Crippen MR) is 108 cm³/mol. The largest absolute Gasteiger partial charge is 0.383 e. The first-order valence-corrected chi connectivity index (χ1v) is 10.2. The fourth-order valence-electron chi connectivity index (χ4n) is 4.08. The Kier molecular flexibility index (Phi) is 5.11. The Balaban J connectivity index is 2.24. The lowest BCUT2D eigenvalue weighted by atomic mass is 9.69. The van der Waals surface area contributed by atoms with Gasteiger partial charge in [0.05, 0.1) is 17.6 Å². The zero-order chi connectivity index (χ0) is 19.9. The summed E-state index contributed by atoms with van der Waals surface area (Å²) in [4.78, 5) is 14.4. The third-order valence-corrected chi connectivity index (χ3v) is 5.95. The summed E-state index contributed by atoms with van der Waals surface area (Å²) in [7, 11) is 3.76. The van der Waals surface area contributed by atoms with E-state index >= 15 is 0 Å². The van der Waals surface area contributed by atoms with Gasteiger partial charge in [0.25, 0.3) is 0 Å². The van der Waals surface area contributed by atoms with Crippen LogP contribution in [0.2, 0.25) is 0 Å². The quantitative estimate of drug-likeness (QED) is 0.805. The number of nitrogens with zero attached hydrogens (tertiary/aromatic N) is 3. The molecule has 5 nitrogen and oxygen atoms in total. The molecule has 1 aromatic carbocycles. The van der Waals surface area contributed by atoms with Crippen LogP contribution in [-0.2, 0) is 4.79 Å². The van der Waals surface area contributed by atoms with E-state index in [1.54, 1.807) is 11.8 Å². The van der Waals surface area contributed by atoms with Crippen LogP contribution < -0.4 is 5.73 Å². The van der Waals surface area contributed by atoms with E-state index in [9.17, 15) is 10.1 Å². The molecule has 0 amide bonds. The molecule has 1 aromatic rings. The summed E-state index contributed by atoms with van der Waals surface area (Å²) in [5.74, 6) is 0.110. The van der Waals surface area contributed by atoms with Crippen LogP contribution >= 0.6 is 11.8 Å². The minimum absolute atomic E-state index is 0.104. The minimum Gasteiger partial charge on any atom is -0.383 e. The number of allylic oxidation sites excluding steroid dienone is 3. The standard InChI is InChI=1S/C21H26N4OS/c1-21(2)10-16-19(17(26)11-21)18(13-6-8-14(27-5)9-7-13)15(12-22)20(23)25(16)24(3)4/h6-9,18H,10-11,23H2,1-5H3. The highest BCUT2D eigenvalue weighted by Gasteiger charge is 2.44. The van der Waals surface area contributed by atoms with E-state index in [1.165, 1.54) is 0 Å². The van der Waals surface area contributed by atoms with E-state index in [-0.39, 0.29) is 11.2 Å². The molecule has 3 rings (SSSR count). The molecule has 27 heavy (non-hydrogen) atoms. The second kappa shape index (κ2) is 7.06. The van der Waals surface area contributed by atoms with Gasteiger partial charge in [-0.2, -0.15) is 5.26 Å². The normalized spacial score (nSPS) is 22.2. The summed E-state index contributed by atoms with van der Waals surface area (Å²) >= 11 is 1.66. The molecule has 1 atom stereocenters. The highest BCUT2D eigenvalue weighted by atomic mass is 32.2. The number of thioether (sulfide) groups is 1. The third kappa shape index (κ3) is 3.38. The van der Waals surface area contributed by atoms with Crippen molar-refractivity contribution in [1.82, 2.24) is 10.0 Å². The molecule has 1 heterocycles. The Morgan fingerprint density at radius 2 is 1.89 bits per heavy atom. The second-order valence-electron chi connectivity index (χ2n) is 8.08. The lowest BCUT2D eigenvalue weighted by Gasteiger charge is -2.45. The van der Waals surface area contributed by atoms with Crippen molar-refractivity contribution in [3.8, 4) is 6.07 Å². The number of nitriles is 1. The first-order valence-electron chi connectivity index (χ1n) is 8.97. The fourth-order valence-corrected chi connectivity index (χ4v) is 4.49. The third-order valence-electron chi connectivity index (χ3n) is 5.20. The topological polar surface area (TPSA) is 73.4 Å². The van der Waals surface area contributed by atoms with Gasteiger partial charge in [-0.15, -0.1) is 11.8 Å². The van der Waals surface area contributed by atoms with Gasteiger partial charge in [0.1, 0.15) is 5.82 Å². The van der Waals surface area contributed by atoms with E-state index < -0.39 is 5.92 Å². The van der Waals surface area contributed by atoms with Crippen molar-refractivity contribution >= 4 is 17.5 Å². The first-order chi connectivity index (χ1) is 12.7. The average molecular weight is 383 g/mol. The molecule has 1 aliphatic heterocycles. The molecule has 0 spiro atoms. The number of benzene rings is 1. The summed E-state index contributed by atoms with van der Waals surface area (Å²) in [6.45, 7) is 4.20. The van der Waals surface area contributed by atoms with Gasteiger partial charge in [0, 0.05) is 36.7 Å². The number of hydrogen-bond acceptors (Lipinski definition) is 6. The van der Waals surface area contributed by atoms with Gasteiger partial charge in [-0.1, -0.05) is 26.0 Å². The summed E-state index contributed by atoms with van der Waals surface area (Å²) in [5, 5.41) is 13.6. The molecule has 2 N–H and O–H groups in total. The number of carbonyl (C=O) groups excluding carboxylic acids is 1. The highest BCUT2D eigenvalue weighted by Crippen LogP contribution is 2.49. The number of hydrazine groups is 1. The van der Waals surface area contributed by atoms with Crippen LogP contribution in [0.25, 0.3) is 0 Å². The van der Waals surface area contributed by atoms with Crippen molar-refractivity contribution in [3.05, 3.63) is 52.5 Å². The molecule has 0 saturated carbocycles. The van der Waals surface area contributed by atoms with Crippen molar-refractivity contribution in [2.45, 2.75) is 37.5 Å². The van der Waals surface area contributed by atoms with E-state index in [2.05, 4.69) is 19.9 Å². The average Bonchev–Trinajstić information content (AvgIpc) is 2.59. The molecule has 0 saturated heterocycles. The Morgan fingerprint density at radius 3 is 2.41 bits per heavy atom. The maximum Gasteiger partial charge on any atom is 0.162 e. The van der Waals surface area contributed by atoms with Gasteiger partial charge in [0.15, 0.2) is 5.78 Å². The summed E-state index contributed by atoms with van der Waals surface area (Å²) < 4.78 is 0. The molecule has 1 aliphatic carbocycles. The molecular weight excluding hydrogens is 356 g/mol. The van der Waals surface area contributed by atoms with E-state index in [0.717, 1.165) is 22.6 Å². The Labute approximate surface area is 165 Å². The van der Waals surface area contributed by atoms with Crippen LogP contribution in [0.5, 0.6) is 0 Å². The number of carbonyl (C=O) groups is 1. The van der Waals surface area contributed by atoms with E-state index in [4.69, 9.17) is 5.73 Å². The van der Waals surface area contributed by atoms with Crippen LogP contribution in [0.4, 0.5) is 0 Å². The molecule has 0 aromatic heterocycles. The van der Waals surface area contributed by atoms with Crippen molar-refractivity contribution in [2.75, 3.05) is 20.4 Å². The van der Waals surface area contributed by atoms with Crippen LogP contribution in [0, 0.1) is 16.7 Å². The highest BCUT2D eigenvalue weighted by molar-refractivity contribution is 7.98. The minimum atomic E-state index is -0.402. The van der Waals surface area contributed by atoms with Crippen molar-refractivity contribution in [3.63, 3.8) is 0 Å². The Morgan fingerprint density at radius 1 is 1.26 bits per heavy atom. The van der Waals surface area contributed by atoms with Gasteiger partial charge < -0.3 is 5.73 Å². The molecule has 2 aliphatic rings. The van der Waals surface area contributed by atoms with Crippen LogP contribution in [-0.4, -0.2) is 36.2 Å². The summed E-state index contributed by atoms with van der Waals surface area (Å²) in [5.41, 5.74) is 9.32. The molecule has 142 valence electrons. The molecule has 6 heteroatoms. The lowest BCUT2D eigenvalue weighted by Crippen LogP contribution is -2.47. The maximum absolute atomic E-state index is 13.2. The molecule has 0 bridgehead atoms. The van der Waals surface area contributed by atoms with E-state index in [0.29, 0.717) is 23.4 Å². The van der Waals surface area contributed by atoms with Crippen molar-refractivity contribution in [2.24, 2.45) is 11.1 Å². The molecular formula is C21H26N4OS. The second-order valence-corrected chi connectivity index (χ2v) is 8.96. The van der Waals surface area contributed by atoms with Gasteiger partial charge in [-0.05, 0) is 35.8 Å². The van der Waals surface area contributed by atoms with Gasteiger partial charge in [0.2, 0.25) is 0 Å². The van der Waals surface area contributed by atoms with Gasteiger partial charge in [-0.3, -0.25) is 9.80 Å². The summed E-state index contributed by atoms with van der Waals surface area (Å²) in [6.07, 6.45) is 3.24. The Bertz CT molecular complexity index is 874. The van der Waals surface area contributed by atoms with Gasteiger partial charge >= 0.3 is 0 Å². The number of nitrogens with two attached hydrogens (primary N) is 1. The molecule has 0 radical (unpaired) electrons. The van der Waals surface area contributed by atoms with Gasteiger partial charge in [-0.25, -0.2) is 5.01 Å². The van der Waals surface area contributed by atoms with Crippen LogP contribution in [0.15, 0.2) is 51.8 Å². The van der Waals surface area contributed by atoms with E-state index in [1.807, 2.05) is 54.6 Å². The predicted octanol–water partition coefficient (Wildman–Crippen LogP) is 3.62. The maximum atomic E-state index is 13.2. The lowest BCUT2D eigenvalue weighted by molar-refractivity contribution is -0.119. The zero-order valence-corrected chi connectivity index (χ0v) is 17.4. The Hall–Kier alpha value is -2.23. The number of rotatable bonds is 3. The van der Waals surface area contributed by atoms with Crippen LogP contribution in [0.1, 0.15) is 38.2 Å². The monoisotopic (exact) mass is 382 g/mol. The first kappa shape index (κ1) is 19.5. The van der Waals surface area contributed by atoms with Crippen molar-refractivity contribution in [1.29, 1.82) is 5.26 Å². The number of hydrogen-bond donors (Lipinski definition) is 1. The molecule has 0 fully saturated rings. The van der Waals surface area contributed by atoms with Crippen LogP contribution in [0.3, 0.4) is 0 Å². The van der Waals surface area contributed by atoms with Crippen molar-refractivity contribution < 1.29 is 4.79 Å².